The van der Waals surface area contributed by atoms with Crippen molar-refractivity contribution in [3.8, 4) is 11.3 Å². The first-order valence-corrected chi connectivity index (χ1v) is 2.39. The van der Waals surface area contributed by atoms with Crippen LogP contribution in [0.5, 0.6) is 0 Å². The molecule has 3 heteroatoms. The Hall–Kier alpha value is -0.230. The van der Waals surface area contributed by atoms with Crippen LogP contribution in [0, 0.1) is 11.3 Å². The molecule has 0 spiro atoms. The Labute approximate surface area is 53.7 Å². The Morgan fingerprint density at radius 1 is 1.38 bits per heavy atom. The van der Waals surface area contributed by atoms with Gasteiger partial charge in [0.25, 0.3) is 0 Å². The summed E-state index contributed by atoms with van der Waals surface area (Å²) in [6.07, 6.45) is -0.493. The molecule has 46 valence electrons. The Kier molecular flexibility index (Phi) is 4.78. The molecule has 0 aliphatic carbocycles. The quantitative estimate of drug-likeness (QED) is 0.411. The van der Waals surface area contributed by atoms with Crippen LogP contribution in [0.2, 0.25) is 0 Å². The first kappa shape index (κ1) is 7.77. The predicted octanol–water partition coefficient (Wildman–Crippen LogP) is 0.805. The Morgan fingerprint density at radius 2 is 1.88 bits per heavy atom. The predicted molar refractivity (Wildman–Crippen MR) is 31.4 cm³/mol. The summed E-state index contributed by atoms with van der Waals surface area (Å²) in [6, 6.07) is 0. The van der Waals surface area contributed by atoms with Crippen LogP contribution < -0.4 is 0 Å². The minimum atomic E-state index is -0.493. The summed E-state index contributed by atoms with van der Waals surface area (Å²) in [5, 5.41) is 2.14. The highest BCUT2D eigenvalue weighted by atomic mass is 35.5. The summed E-state index contributed by atoms with van der Waals surface area (Å²) < 4.78 is 9.32. The van der Waals surface area contributed by atoms with E-state index < -0.39 is 6.29 Å². The summed E-state index contributed by atoms with van der Waals surface area (Å²) in [6.45, 7) is 0. The first-order chi connectivity index (χ1) is 3.85. The minimum Gasteiger partial charge on any atom is -0.345 e. The number of halogens is 1. The lowest BCUT2D eigenvalue weighted by atomic mass is 10.7. The van der Waals surface area contributed by atoms with E-state index in [1.807, 2.05) is 0 Å². The molecule has 8 heavy (non-hydrogen) atoms. The van der Waals surface area contributed by atoms with Crippen LogP contribution in [0.1, 0.15) is 0 Å². The molecule has 0 rings (SSSR count). The number of ether oxygens (including phenoxy) is 2. The van der Waals surface area contributed by atoms with Gasteiger partial charge in [-0.05, 0) is 17.5 Å². The van der Waals surface area contributed by atoms with E-state index in [2.05, 4.69) is 20.8 Å². The second kappa shape index (κ2) is 4.92. The van der Waals surface area contributed by atoms with Crippen molar-refractivity contribution in [3.05, 3.63) is 0 Å². The number of rotatable bonds is 2. The maximum Gasteiger partial charge on any atom is 0.223 e. The molecule has 0 atom stereocenters. The van der Waals surface area contributed by atoms with Gasteiger partial charge in [0.05, 0.1) is 0 Å². The molecule has 0 saturated heterocycles. The van der Waals surface area contributed by atoms with Gasteiger partial charge < -0.3 is 9.47 Å². The minimum absolute atomic E-state index is 0.493. The van der Waals surface area contributed by atoms with Crippen LogP contribution in [0.25, 0.3) is 0 Å². The SMILES string of the molecule is COC(C#CCl)OC. The molecular formula is C5H7ClO2. The Bertz CT molecular complexity index is 98.7. The van der Waals surface area contributed by atoms with E-state index in [4.69, 9.17) is 11.6 Å². The van der Waals surface area contributed by atoms with Crippen molar-refractivity contribution >= 4 is 11.6 Å². The second-order valence-electron chi connectivity index (χ2n) is 1.04. The van der Waals surface area contributed by atoms with Crippen molar-refractivity contribution in [1.29, 1.82) is 0 Å². The zero-order chi connectivity index (χ0) is 6.41. The first-order valence-electron chi connectivity index (χ1n) is 2.02. The van der Waals surface area contributed by atoms with E-state index >= 15 is 0 Å². The van der Waals surface area contributed by atoms with E-state index in [9.17, 15) is 0 Å². The van der Waals surface area contributed by atoms with Gasteiger partial charge in [0.2, 0.25) is 6.29 Å². The van der Waals surface area contributed by atoms with Crippen LogP contribution in [-0.2, 0) is 9.47 Å². The van der Waals surface area contributed by atoms with Gasteiger partial charge >= 0.3 is 0 Å². The molecule has 0 saturated carbocycles. The standard InChI is InChI=1S/C5H7ClO2/c1-7-5(8-2)3-4-6/h5H,1-2H3. The Morgan fingerprint density at radius 3 is 2.00 bits per heavy atom. The van der Waals surface area contributed by atoms with Crippen LogP contribution in [-0.4, -0.2) is 20.5 Å². The van der Waals surface area contributed by atoms with Crippen molar-refractivity contribution in [2.75, 3.05) is 14.2 Å². The number of hydrogen-bond donors (Lipinski definition) is 0. The molecule has 0 amide bonds. The molecule has 2 nitrogen and oxygen atoms in total. The van der Waals surface area contributed by atoms with Gasteiger partial charge in [0, 0.05) is 19.6 Å². The van der Waals surface area contributed by atoms with Gasteiger partial charge in [-0.1, -0.05) is 0 Å². The van der Waals surface area contributed by atoms with Crippen LogP contribution in [0.15, 0.2) is 0 Å². The van der Waals surface area contributed by atoms with E-state index in [-0.39, 0.29) is 0 Å². The molecule has 0 heterocycles. The zero-order valence-corrected chi connectivity index (χ0v) is 5.53. The van der Waals surface area contributed by atoms with Crippen LogP contribution in [0.4, 0.5) is 0 Å². The zero-order valence-electron chi connectivity index (χ0n) is 4.77. The van der Waals surface area contributed by atoms with E-state index in [1.54, 1.807) is 0 Å². The highest BCUT2D eigenvalue weighted by Gasteiger charge is 1.94. The van der Waals surface area contributed by atoms with Crippen molar-refractivity contribution in [3.63, 3.8) is 0 Å². The Balaban J connectivity index is 3.47. The average molecular weight is 135 g/mol. The largest absolute Gasteiger partial charge is 0.345 e. The topological polar surface area (TPSA) is 18.5 Å². The van der Waals surface area contributed by atoms with Gasteiger partial charge in [0.1, 0.15) is 0 Å². The van der Waals surface area contributed by atoms with Gasteiger partial charge in [-0.2, -0.15) is 0 Å². The highest BCUT2D eigenvalue weighted by molar-refractivity contribution is 6.30. The average Bonchev–Trinajstić information content (AvgIpc) is 1.83. The molecule has 0 aliphatic rings. The normalized spacial score (nSPS) is 8.50. The molecular weight excluding hydrogens is 128 g/mol. The summed E-state index contributed by atoms with van der Waals surface area (Å²) in [7, 11) is 2.99. The van der Waals surface area contributed by atoms with Crippen LogP contribution in [0.3, 0.4) is 0 Å². The van der Waals surface area contributed by atoms with Crippen molar-refractivity contribution in [1.82, 2.24) is 0 Å². The second-order valence-corrected chi connectivity index (χ2v) is 1.23. The fourth-order valence-corrected chi connectivity index (χ4v) is 0.348. The summed E-state index contributed by atoms with van der Waals surface area (Å²) >= 11 is 5.03. The molecule has 0 unspecified atom stereocenters. The maximum atomic E-state index is 5.03. The summed E-state index contributed by atoms with van der Waals surface area (Å²) in [5.41, 5.74) is 0. The summed E-state index contributed by atoms with van der Waals surface area (Å²) in [4.78, 5) is 0. The summed E-state index contributed by atoms with van der Waals surface area (Å²) in [5.74, 6) is 2.45. The van der Waals surface area contributed by atoms with Crippen molar-refractivity contribution in [2.45, 2.75) is 6.29 Å². The fraction of sp³-hybridized carbons (Fsp3) is 0.600. The van der Waals surface area contributed by atoms with Crippen LogP contribution >= 0.6 is 11.6 Å². The van der Waals surface area contributed by atoms with Gasteiger partial charge in [-0.3, -0.25) is 0 Å². The monoisotopic (exact) mass is 134 g/mol. The molecule has 0 aromatic rings. The van der Waals surface area contributed by atoms with E-state index in [0.717, 1.165) is 0 Å². The van der Waals surface area contributed by atoms with Crippen molar-refractivity contribution < 1.29 is 9.47 Å². The van der Waals surface area contributed by atoms with Gasteiger partial charge in [-0.15, -0.1) is 0 Å². The fourth-order valence-electron chi connectivity index (χ4n) is 0.259. The van der Waals surface area contributed by atoms with E-state index in [1.165, 1.54) is 14.2 Å². The molecule has 0 fully saturated rings. The molecule has 0 bridgehead atoms. The molecule has 0 radical (unpaired) electrons. The molecule has 0 aromatic heterocycles. The lowest BCUT2D eigenvalue weighted by Crippen LogP contribution is -2.08. The lowest BCUT2D eigenvalue weighted by Gasteiger charge is -2.02. The molecule has 0 N–H and O–H groups in total. The third-order valence-electron chi connectivity index (χ3n) is 0.601. The van der Waals surface area contributed by atoms with Gasteiger partial charge in [0.15, 0.2) is 0 Å². The van der Waals surface area contributed by atoms with Gasteiger partial charge in [-0.25, -0.2) is 0 Å². The smallest absolute Gasteiger partial charge is 0.223 e. The number of hydrogen-bond acceptors (Lipinski definition) is 2. The van der Waals surface area contributed by atoms with E-state index in [0.29, 0.717) is 0 Å². The lowest BCUT2D eigenvalue weighted by molar-refractivity contribution is -0.0594. The molecule has 0 aromatic carbocycles. The van der Waals surface area contributed by atoms with Crippen molar-refractivity contribution in [2.24, 2.45) is 0 Å². The number of methoxy groups -OCH3 is 2. The maximum absolute atomic E-state index is 5.03. The third-order valence-corrected chi connectivity index (χ3v) is 0.710. The third kappa shape index (κ3) is 2.86. The highest BCUT2D eigenvalue weighted by Crippen LogP contribution is 1.86. The molecule has 0 aliphatic heterocycles.